The van der Waals surface area contributed by atoms with Crippen LogP contribution in [0.25, 0.3) is 0 Å². The Morgan fingerprint density at radius 1 is 1.43 bits per heavy atom. The maximum absolute atomic E-state index is 11.7. The maximum Gasteiger partial charge on any atom is 0.287 e. The summed E-state index contributed by atoms with van der Waals surface area (Å²) in [4.78, 5) is 11.7. The van der Waals surface area contributed by atoms with Crippen molar-refractivity contribution in [3.8, 4) is 0 Å². The van der Waals surface area contributed by atoms with Crippen LogP contribution < -0.4 is 10.9 Å². The number of aromatic nitrogens is 4. The number of nitrogens with zero attached hydrogens (tertiary/aromatic N) is 4. The molecule has 2 heterocycles. The molecule has 0 aromatic carbocycles. The lowest BCUT2D eigenvalue weighted by atomic mass is 10.3. The Hall–Kier alpha value is -1.82. The van der Waals surface area contributed by atoms with Gasteiger partial charge in [0.2, 0.25) is 0 Å². The number of anilines is 1. The topological polar surface area (TPSA) is 64.7 Å². The third-order valence-corrected chi connectivity index (χ3v) is 4.27. The maximum atomic E-state index is 11.7. The average molecular weight is 308 g/mol. The minimum atomic E-state index is -0.307. The summed E-state index contributed by atoms with van der Waals surface area (Å²) < 4.78 is 3.26. The fourth-order valence-corrected chi connectivity index (χ4v) is 2.90. The van der Waals surface area contributed by atoms with Crippen LogP contribution in [0.2, 0.25) is 5.02 Å². The predicted molar refractivity (Wildman–Crippen MR) is 81.5 cm³/mol. The summed E-state index contributed by atoms with van der Waals surface area (Å²) in [5.74, 6) is 0. The largest absolute Gasteiger partial charge is 0.377 e. The van der Waals surface area contributed by atoms with E-state index in [2.05, 4.69) is 15.5 Å². The molecule has 2 aromatic rings. The third kappa shape index (κ3) is 2.95. The molecule has 0 radical (unpaired) electrons. The van der Waals surface area contributed by atoms with Crippen molar-refractivity contribution in [2.24, 2.45) is 7.05 Å². The van der Waals surface area contributed by atoms with Gasteiger partial charge in [-0.15, -0.1) is 0 Å². The monoisotopic (exact) mass is 307 g/mol. The molecule has 6 nitrogen and oxygen atoms in total. The van der Waals surface area contributed by atoms with E-state index >= 15 is 0 Å². The summed E-state index contributed by atoms with van der Waals surface area (Å²) in [5.41, 5.74) is 1.16. The highest BCUT2D eigenvalue weighted by Gasteiger charge is 2.17. The van der Waals surface area contributed by atoms with Crippen LogP contribution in [0.1, 0.15) is 37.4 Å². The lowest BCUT2D eigenvalue weighted by Gasteiger charge is -2.09. The second-order valence-corrected chi connectivity index (χ2v) is 5.76. The Bertz CT molecular complexity index is 687. The van der Waals surface area contributed by atoms with Crippen LogP contribution in [0, 0.1) is 0 Å². The van der Waals surface area contributed by atoms with Crippen LogP contribution in [0.15, 0.2) is 23.3 Å². The van der Waals surface area contributed by atoms with Crippen molar-refractivity contribution in [2.75, 3.05) is 5.32 Å². The molecule has 0 aliphatic heterocycles. The Balaban J connectivity index is 1.68. The van der Waals surface area contributed by atoms with Gasteiger partial charge in [-0.05, 0) is 18.9 Å². The van der Waals surface area contributed by atoms with Gasteiger partial charge in [-0.1, -0.05) is 24.4 Å². The first kappa shape index (κ1) is 14.1. The van der Waals surface area contributed by atoms with Gasteiger partial charge in [0.1, 0.15) is 5.02 Å². The molecule has 0 unspecified atom stereocenters. The fourth-order valence-electron chi connectivity index (χ4n) is 2.66. The zero-order valence-corrected chi connectivity index (χ0v) is 12.7. The number of hydrogen-bond acceptors (Lipinski definition) is 4. The van der Waals surface area contributed by atoms with E-state index in [0.717, 1.165) is 5.69 Å². The molecule has 0 bridgehead atoms. The number of halogens is 1. The van der Waals surface area contributed by atoms with Crippen molar-refractivity contribution in [3.63, 3.8) is 0 Å². The molecular formula is C14H18ClN5O. The van der Waals surface area contributed by atoms with Crippen molar-refractivity contribution in [3.05, 3.63) is 39.5 Å². The smallest absolute Gasteiger partial charge is 0.287 e. The minimum Gasteiger partial charge on any atom is -0.377 e. The SMILES string of the molecule is Cn1ncc(NCc2ccn(C3CCCC3)n2)c(Cl)c1=O. The molecule has 1 N–H and O–H groups in total. The van der Waals surface area contributed by atoms with Crippen LogP contribution >= 0.6 is 11.6 Å². The second kappa shape index (κ2) is 5.89. The number of nitrogens with one attached hydrogen (secondary N) is 1. The molecule has 1 aliphatic rings. The average Bonchev–Trinajstić information content (AvgIpc) is 3.14. The van der Waals surface area contributed by atoms with Crippen LogP contribution in [-0.2, 0) is 13.6 Å². The van der Waals surface area contributed by atoms with Crippen molar-refractivity contribution in [1.29, 1.82) is 0 Å². The number of aryl methyl sites for hydroxylation is 1. The van der Waals surface area contributed by atoms with Gasteiger partial charge in [0.05, 0.1) is 30.2 Å². The van der Waals surface area contributed by atoms with Gasteiger partial charge in [0.15, 0.2) is 0 Å². The lowest BCUT2D eigenvalue weighted by molar-refractivity contribution is 0.463. The van der Waals surface area contributed by atoms with E-state index < -0.39 is 0 Å². The molecule has 0 atom stereocenters. The molecule has 3 rings (SSSR count). The number of hydrogen-bond donors (Lipinski definition) is 1. The van der Waals surface area contributed by atoms with Crippen LogP contribution in [0.5, 0.6) is 0 Å². The van der Waals surface area contributed by atoms with Gasteiger partial charge in [-0.3, -0.25) is 9.48 Å². The molecule has 2 aromatic heterocycles. The van der Waals surface area contributed by atoms with Crippen molar-refractivity contribution in [1.82, 2.24) is 19.6 Å². The van der Waals surface area contributed by atoms with Crippen LogP contribution in [0.3, 0.4) is 0 Å². The van der Waals surface area contributed by atoms with Gasteiger partial charge >= 0.3 is 0 Å². The molecule has 0 saturated heterocycles. The molecule has 112 valence electrons. The predicted octanol–water partition coefficient (Wildman–Crippen LogP) is 2.36. The summed E-state index contributed by atoms with van der Waals surface area (Å²) in [5, 5.41) is 11.8. The molecule has 1 saturated carbocycles. The summed E-state index contributed by atoms with van der Waals surface area (Å²) in [6, 6.07) is 2.53. The highest BCUT2D eigenvalue weighted by Crippen LogP contribution is 2.28. The third-order valence-electron chi connectivity index (χ3n) is 3.90. The van der Waals surface area contributed by atoms with Gasteiger partial charge in [-0.25, -0.2) is 4.68 Å². The van der Waals surface area contributed by atoms with Gasteiger partial charge in [0.25, 0.3) is 5.56 Å². The molecule has 0 spiro atoms. The van der Waals surface area contributed by atoms with Gasteiger partial charge < -0.3 is 5.32 Å². The molecule has 21 heavy (non-hydrogen) atoms. The summed E-state index contributed by atoms with van der Waals surface area (Å²) in [6.07, 6.45) is 8.56. The van der Waals surface area contributed by atoms with E-state index in [0.29, 0.717) is 18.3 Å². The fraction of sp³-hybridized carbons (Fsp3) is 0.500. The van der Waals surface area contributed by atoms with Crippen LogP contribution in [-0.4, -0.2) is 19.6 Å². The Labute approximate surface area is 127 Å². The van der Waals surface area contributed by atoms with E-state index in [1.807, 2.05) is 16.9 Å². The molecular weight excluding hydrogens is 290 g/mol. The minimum absolute atomic E-state index is 0.155. The quantitative estimate of drug-likeness (QED) is 0.941. The van der Waals surface area contributed by atoms with E-state index in [-0.39, 0.29) is 10.6 Å². The lowest BCUT2D eigenvalue weighted by Crippen LogP contribution is -2.21. The Morgan fingerprint density at radius 3 is 2.95 bits per heavy atom. The van der Waals surface area contributed by atoms with Crippen LogP contribution in [0.4, 0.5) is 5.69 Å². The van der Waals surface area contributed by atoms with Crippen molar-refractivity contribution < 1.29 is 0 Å². The van der Waals surface area contributed by atoms with E-state index in [4.69, 9.17) is 11.6 Å². The normalized spacial score (nSPS) is 15.5. The molecule has 1 aliphatic carbocycles. The van der Waals surface area contributed by atoms with Gasteiger partial charge in [-0.2, -0.15) is 10.2 Å². The van der Waals surface area contributed by atoms with Crippen molar-refractivity contribution in [2.45, 2.75) is 38.3 Å². The van der Waals surface area contributed by atoms with E-state index in [9.17, 15) is 4.79 Å². The zero-order chi connectivity index (χ0) is 14.8. The summed E-state index contributed by atoms with van der Waals surface area (Å²) in [6.45, 7) is 0.522. The highest BCUT2D eigenvalue weighted by molar-refractivity contribution is 6.32. The molecule has 0 amide bonds. The molecule has 7 heteroatoms. The first-order valence-corrected chi connectivity index (χ1v) is 7.52. The Kier molecular flexibility index (Phi) is 3.96. The van der Waals surface area contributed by atoms with E-state index in [1.165, 1.54) is 30.4 Å². The number of rotatable bonds is 4. The Morgan fingerprint density at radius 2 is 2.19 bits per heavy atom. The second-order valence-electron chi connectivity index (χ2n) is 5.38. The highest BCUT2D eigenvalue weighted by atomic mass is 35.5. The first-order valence-electron chi connectivity index (χ1n) is 7.15. The van der Waals surface area contributed by atoms with Crippen molar-refractivity contribution >= 4 is 17.3 Å². The molecule has 1 fully saturated rings. The first-order chi connectivity index (χ1) is 10.1. The summed E-state index contributed by atoms with van der Waals surface area (Å²) >= 11 is 6.01. The van der Waals surface area contributed by atoms with Gasteiger partial charge in [0, 0.05) is 13.2 Å². The van der Waals surface area contributed by atoms with E-state index in [1.54, 1.807) is 13.2 Å². The standard InChI is InChI=1S/C14H18ClN5O/c1-19-14(21)13(15)12(9-17-19)16-8-10-6-7-20(18-10)11-4-2-3-5-11/h6-7,9,11,16H,2-5,8H2,1H3. The summed E-state index contributed by atoms with van der Waals surface area (Å²) in [7, 11) is 1.57. The zero-order valence-electron chi connectivity index (χ0n) is 11.9.